The summed E-state index contributed by atoms with van der Waals surface area (Å²) in [4.78, 5) is 30.6. The molecule has 2 amide bonds. The number of piperidine rings is 1. The number of carbonyl (C=O) groups excluding carboxylic acids is 2. The Hall–Kier alpha value is -1.88. The molecule has 5 heteroatoms. The van der Waals surface area contributed by atoms with Crippen molar-refractivity contribution in [1.29, 1.82) is 0 Å². The van der Waals surface area contributed by atoms with Crippen molar-refractivity contribution in [3.05, 3.63) is 35.4 Å². The van der Waals surface area contributed by atoms with Crippen LogP contribution in [0, 0.1) is 0 Å². The Kier molecular flexibility index (Phi) is 6.30. The summed E-state index contributed by atoms with van der Waals surface area (Å²) in [5, 5.41) is 0. The predicted molar refractivity (Wildman–Crippen MR) is 103 cm³/mol. The fraction of sp³-hybridized carbons (Fsp3) is 0.619. The lowest BCUT2D eigenvalue weighted by atomic mass is 9.94. The first kappa shape index (κ1) is 18.9. The number of hydrogen-bond acceptors (Lipinski definition) is 3. The lowest BCUT2D eigenvalue weighted by molar-refractivity contribution is -0.136. The van der Waals surface area contributed by atoms with Gasteiger partial charge < -0.3 is 14.7 Å². The molecule has 1 aromatic rings. The van der Waals surface area contributed by atoms with Crippen LogP contribution in [0.3, 0.4) is 0 Å². The van der Waals surface area contributed by atoms with Crippen LogP contribution in [0.25, 0.3) is 0 Å². The fourth-order valence-corrected chi connectivity index (χ4v) is 4.10. The van der Waals surface area contributed by atoms with Gasteiger partial charge in [-0.3, -0.25) is 9.59 Å². The van der Waals surface area contributed by atoms with Gasteiger partial charge in [0.1, 0.15) is 0 Å². The summed E-state index contributed by atoms with van der Waals surface area (Å²) < 4.78 is 0. The highest BCUT2D eigenvalue weighted by atomic mass is 16.2. The molecule has 2 aliphatic heterocycles. The van der Waals surface area contributed by atoms with Gasteiger partial charge in [-0.1, -0.05) is 24.3 Å². The second-order valence-electron chi connectivity index (χ2n) is 7.81. The zero-order chi connectivity index (χ0) is 18.5. The Morgan fingerprint density at radius 1 is 1.12 bits per heavy atom. The third-order valence-corrected chi connectivity index (χ3v) is 5.45. The topological polar surface area (TPSA) is 43.9 Å². The van der Waals surface area contributed by atoms with Gasteiger partial charge in [-0.2, -0.15) is 0 Å². The summed E-state index contributed by atoms with van der Waals surface area (Å²) in [7, 11) is 4.14. The van der Waals surface area contributed by atoms with E-state index in [1.165, 1.54) is 17.5 Å². The van der Waals surface area contributed by atoms with Crippen LogP contribution >= 0.6 is 0 Å². The molecule has 0 N–H and O–H groups in total. The molecule has 0 aliphatic carbocycles. The number of hydrogen-bond donors (Lipinski definition) is 0. The molecular formula is C21H31N3O2. The molecule has 26 heavy (non-hydrogen) atoms. The molecule has 0 radical (unpaired) electrons. The number of likely N-dealkylation sites (tertiary alicyclic amines) is 2. The van der Waals surface area contributed by atoms with Gasteiger partial charge in [0, 0.05) is 39.0 Å². The molecule has 0 bridgehead atoms. The molecule has 1 atom stereocenters. The Morgan fingerprint density at radius 2 is 1.88 bits per heavy atom. The van der Waals surface area contributed by atoms with Crippen molar-refractivity contribution in [3.63, 3.8) is 0 Å². The van der Waals surface area contributed by atoms with Crippen molar-refractivity contribution in [3.8, 4) is 0 Å². The molecule has 142 valence electrons. The second kappa shape index (κ2) is 8.67. The van der Waals surface area contributed by atoms with Crippen molar-refractivity contribution >= 4 is 11.8 Å². The third kappa shape index (κ3) is 4.64. The average molecular weight is 357 g/mol. The van der Waals surface area contributed by atoms with E-state index in [1.807, 2.05) is 9.80 Å². The van der Waals surface area contributed by atoms with E-state index in [4.69, 9.17) is 0 Å². The molecule has 5 nitrogen and oxygen atoms in total. The van der Waals surface area contributed by atoms with Gasteiger partial charge in [-0.05, 0) is 50.9 Å². The Bertz CT molecular complexity index is 627. The molecule has 2 fully saturated rings. The number of amides is 2. The van der Waals surface area contributed by atoms with E-state index in [0.29, 0.717) is 19.4 Å². The number of rotatable bonds is 6. The highest BCUT2D eigenvalue weighted by Gasteiger charge is 2.29. The van der Waals surface area contributed by atoms with Crippen LogP contribution in [0.5, 0.6) is 0 Å². The summed E-state index contributed by atoms with van der Waals surface area (Å²) >= 11 is 0. The van der Waals surface area contributed by atoms with Crippen molar-refractivity contribution in [2.75, 3.05) is 33.7 Å². The van der Waals surface area contributed by atoms with Crippen LogP contribution in [0.15, 0.2) is 24.3 Å². The van der Waals surface area contributed by atoms with E-state index in [0.717, 1.165) is 38.9 Å². The highest BCUT2D eigenvalue weighted by Crippen LogP contribution is 2.31. The number of benzene rings is 1. The Morgan fingerprint density at radius 3 is 2.54 bits per heavy atom. The van der Waals surface area contributed by atoms with E-state index < -0.39 is 0 Å². The standard InChI is InChI=1S/C21H31N3O2/c1-22(2)16-17-8-10-18(11-9-17)19-6-3-4-14-24(19)21(26)12-15-23-13-5-7-20(23)25/h8-11,19H,3-7,12-16H2,1-2H3/t19-/m0/s1. The zero-order valence-electron chi connectivity index (χ0n) is 16.1. The van der Waals surface area contributed by atoms with Crippen LogP contribution in [0.1, 0.15) is 55.7 Å². The SMILES string of the molecule is CN(C)Cc1ccc([C@@H]2CCCCN2C(=O)CCN2CCCC2=O)cc1. The Balaban J connectivity index is 1.63. The smallest absolute Gasteiger partial charge is 0.224 e. The summed E-state index contributed by atoms with van der Waals surface area (Å²) in [5.74, 6) is 0.385. The van der Waals surface area contributed by atoms with E-state index >= 15 is 0 Å². The minimum absolute atomic E-state index is 0.180. The van der Waals surface area contributed by atoms with Crippen molar-refractivity contribution in [2.45, 2.75) is 51.1 Å². The molecule has 0 aromatic heterocycles. The molecule has 2 aliphatic rings. The maximum atomic E-state index is 12.8. The number of carbonyl (C=O) groups is 2. The summed E-state index contributed by atoms with van der Waals surface area (Å²) in [5.41, 5.74) is 2.53. The average Bonchev–Trinajstić information content (AvgIpc) is 3.05. The van der Waals surface area contributed by atoms with E-state index in [-0.39, 0.29) is 17.9 Å². The van der Waals surface area contributed by atoms with Crippen LogP contribution in [0.4, 0.5) is 0 Å². The first-order valence-corrected chi connectivity index (χ1v) is 9.85. The second-order valence-corrected chi connectivity index (χ2v) is 7.81. The van der Waals surface area contributed by atoms with Crippen LogP contribution in [-0.2, 0) is 16.1 Å². The molecule has 1 aromatic carbocycles. The predicted octanol–water partition coefficient (Wildman–Crippen LogP) is 2.81. The van der Waals surface area contributed by atoms with Crippen LogP contribution < -0.4 is 0 Å². The molecule has 0 saturated carbocycles. The monoisotopic (exact) mass is 357 g/mol. The summed E-state index contributed by atoms with van der Waals surface area (Å²) in [6.45, 7) is 3.14. The third-order valence-electron chi connectivity index (χ3n) is 5.45. The minimum Gasteiger partial charge on any atom is -0.342 e. The molecule has 2 heterocycles. The van der Waals surface area contributed by atoms with Crippen molar-refractivity contribution in [1.82, 2.24) is 14.7 Å². The minimum atomic E-state index is 0.180. The van der Waals surface area contributed by atoms with Crippen molar-refractivity contribution in [2.24, 2.45) is 0 Å². The quantitative estimate of drug-likeness (QED) is 0.786. The zero-order valence-corrected chi connectivity index (χ0v) is 16.1. The van der Waals surface area contributed by atoms with Gasteiger partial charge >= 0.3 is 0 Å². The fourth-order valence-electron chi connectivity index (χ4n) is 4.10. The molecule has 0 spiro atoms. The van der Waals surface area contributed by atoms with E-state index in [9.17, 15) is 9.59 Å². The van der Waals surface area contributed by atoms with Gasteiger partial charge in [-0.15, -0.1) is 0 Å². The largest absolute Gasteiger partial charge is 0.342 e. The van der Waals surface area contributed by atoms with Crippen LogP contribution in [0.2, 0.25) is 0 Å². The molecule has 2 saturated heterocycles. The van der Waals surface area contributed by atoms with Gasteiger partial charge in [0.15, 0.2) is 0 Å². The number of nitrogens with zero attached hydrogens (tertiary/aromatic N) is 3. The maximum Gasteiger partial charge on any atom is 0.224 e. The first-order valence-electron chi connectivity index (χ1n) is 9.85. The van der Waals surface area contributed by atoms with Gasteiger partial charge in [0.05, 0.1) is 6.04 Å². The normalized spacial score (nSPS) is 20.9. The molecular weight excluding hydrogens is 326 g/mol. The molecule has 0 unspecified atom stereocenters. The summed E-state index contributed by atoms with van der Waals surface area (Å²) in [6.07, 6.45) is 5.28. The van der Waals surface area contributed by atoms with Gasteiger partial charge in [0.25, 0.3) is 0 Å². The first-order chi connectivity index (χ1) is 12.5. The van der Waals surface area contributed by atoms with E-state index in [1.54, 1.807) is 0 Å². The lowest BCUT2D eigenvalue weighted by Gasteiger charge is -2.36. The van der Waals surface area contributed by atoms with Crippen molar-refractivity contribution < 1.29 is 9.59 Å². The van der Waals surface area contributed by atoms with Gasteiger partial charge in [-0.25, -0.2) is 0 Å². The highest BCUT2D eigenvalue weighted by molar-refractivity contribution is 5.80. The lowest BCUT2D eigenvalue weighted by Crippen LogP contribution is -2.40. The van der Waals surface area contributed by atoms with E-state index in [2.05, 4.69) is 43.3 Å². The molecule has 3 rings (SSSR count). The summed E-state index contributed by atoms with van der Waals surface area (Å²) in [6, 6.07) is 8.89. The van der Waals surface area contributed by atoms with Gasteiger partial charge in [0.2, 0.25) is 11.8 Å². The maximum absolute atomic E-state index is 12.8. The van der Waals surface area contributed by atoms with Crippen LogP contribution in [-0.4, -0.2) is 60.2 Å². The Labute approximate surface area is 156 Å².